The molecule has 0 heterocycles. The third kappa shape index (κ3) is 4.98. The topological polar surface area (TPSA) is 101 Å². The molecular weight excluding hydrogens is 285 g/mol. The van der Waals surface area contributed by atoms with Crippen LogP contribution in [0.15, 0.2) is 30.9 Å². The minimum atomic E-state index is -3.61. The van der Waals surface area contributed by atoms with Crippen LogP contribution in [0.3, 0.4) is 0 Å². The monoisotopic (exact) mass is 301 g/mol. The van der Waals surface area contributed by atoms with Gasteiger partial charge in [0, 0.05) is 5.69 Å². The van der Waals surface area contributed by atoms with Gasteiger partial charge in [0.15, 0.2) is 0 Å². The Bertz CT molecular complexity index is 616. The molecule has 4 N–H and O–H groups in total. The fourth-order valence-corrected chi connectivity index (χ4v) is 1.96. The van der Waals surface area contributed by atoms with Gasteiger partial charge in [-0.25, -0.2) is 12.8 Å². The van der Waals surface area contributed by atoms with E-state index in [0.717, 1.165) is 12.3 Å². The van der Waals surface area contributed by atoms with Crippen molar-refractivity contribution < 1.29 is 17.6 Å². The predicted octanol–water partition coefficient (Wildman–Crippen LogP) is 1.04. The molecule has 0 fully saturated rings. The zero-order valence-corrected chi connectivity index (χ0v) is 11.7. The minimum Gasteiger partial charge on any atom is -0.325 e. The van der Waals surface area contributed by atoms with Crippen LogP contribution >= 0.6 is 0 Å². The second-order valence-corrected chi connectivity index (χ2v) is 5.94. The molecule has 0 saturated heterocycles. The highest BCUT2D eigenvalue weighted by molar-refractivity contribution is 7.92. The lowest BCUT2D eigenvalue weighted by Crippen LogP contribution is -2.35. The summed E-state index contributed by atoms with van der Waals surface area (Å²) >= 11 is 0. The molecule has 1 atom stereocenters. The van der Waals surface area contributed by atoms with Gasteiger partial charge in [-0.1, -0.05) is 6.08 Å². The van der Waals surface area contributed by atoms with E-state index in [-0.39, 0.29) is 11.4 Å². The molecule has 8 heteroatoms. The Labute approximate surface area is 116 Å². The summed E-state index contributed by atoms with van der Waals surface area (Å²) < 4.78 is 37.6. The van der Waals surface area contributed by atoms with Crippen molar-refractivity contribution in [2.24, 2.45) is 5.73 Å². The van der Waals surface area contributed by atoms with Gasteiger partial charge in [-0.05, 0) is 24.6 Å². The number of nitrogens with two attached hydrogens (primary N) is 1. The molecule has 0 saturated carbocycles. The molecule has 1 aromatic rings. The molecular formula is C12H16FN3O3S. The van der Waals surface area contributed by atoms with E-state index in [1.807, 2.05) is 4.72 Å². The molecule has 110 valence electrons. The molecule has 0 aliphatic carbocycles. The van der Waals surface area contributed by atoms with E-state index in [1.165, 1.54) is 18.2 Å². The smallest absolute Gasteiger partial charge is 0.241 e. The van der Waals surface area contributed by atoms with E-state index >= 15 is 0 Å². The van der Waals surface area contributed by atoms with E-state index in [9.17, 15) is 17.6 Å². The molecule has 0 radical (unpaired) electrons. The van der Waals surface area contributed by atoms with E-state index in [0.29, 0.717) is 6.42 Å². The summed E-state index contributed by atoms with van der Waals surface area (Å²) in [7, 11) is -3.61. The Morgan fingerprint density at radius 3 is 2.75 bits per heavy atom. The summed E-state index contributed by atoms with van der Waals surface area (Å²) in [5, 5.41) is 2.47. The molecule has 0 aliphatic heterocycles. The van der Waals surface area contributed by atoms with E-state index in [1.54, 1.807) is 0 Å². The first kappa shape index (κ1) is 16.1. The highest BCUT2D eigenvalue weighted by atomic mass is 32.2. The summed E-state index contributed by atoms with van der Waals surface area (Å²) in [4.78, 5) is 11.7. The second-order valence-electron chi connectivity index (χ2n) is 4.19. The first-order valence-electron chi connectivity index (χ1n) is 5.67. The lowest BCUT2D eigenvalue weighted by atomic mass is 10.2. The van der Waals surface area contributed by atoms with E-state index < -0.39 is 27.8 Å². The SMILES string of the molecule is C=CCC(N)C(=O)Nc1ccc(F)c(NS(C)(=O)=O)c1. The first-order chi connectivity index (χ1) is 9.23. The fraction of sp³-hybridized carbons (Fsp3) is 0.250. The molecule has 1 amide bonds. The van der Waals surface area contributed by atoms with Crippen LogP contribution in [0.25, 0.3) is 0 Å². The van der Waals surface area contributed by atoms with Crippen molar-refractivity contribution in [3.63, 3.8) is 0 Å². The number of sulfonamides is 1. The summed E-state index contributed by atoms with van der Waals surface area (Å²) in [6.45, 7) is 3.47. The number of nitrogens with one attached hydrogen (secondary N) is 2. The molecule has 0 aromatic heterocycles. The zero-order chi connectivity index (χ0) is 15.3. The van der Waals surface area contributed by atoms with Crippen molar-refractivity contribution in [2.45, 2.75) is 12.5 Å². The van der Waals surface area contributed by atoms with Crippen molar-refractivity contribution in [3.05, 3.63) is 36.7 Å². The summed E-state index contributed by atoms with van der Waals surface area (Å²) in [6, 6.07) is 2.75. The predicted molar refractivity (Wildman–Crippen MR) is 76.3 cm³/mol. The molecule has 6 nitrogen and oxygen atoms in total. The van der Waals surface area contributed by atoms with Crippen molar-refractivity contribution in [3.8, 4) is 0 Å². The number of benzene rings is 1. The average molecular weight is 301 g/mol. The highest BCUT2D eigenvalue weighted by Gasteiger charge is 2.14. The number of anilines is 2. The molecule has 1 rings (SSSR count). The lowest BCUT2D eigenvalue weighted by Gasteiger charge is -2.12. The van der Waals surface area contributed by atoms with Gasteiger partial charge in [0.25, 0.3) is 0 Å². The van der Waals surface area contributed by atoms with Crippen LogP contribution in [0, 0.1) is 5.82 Å². The quantitative estimate of drug-likeness (QED) is 0.683. The van der Waals surface area contributed by atoms with Gasteiger partial charge in [0.05, 0.1) is 18.0 Å². The Balaban J connectivity index is 2.90. The van der Waals surface area contributed by atoms with Crippen molar-refractivity contribution in [2.75, 3.05) is 16.3 Å². The van der Waals surface area contributed by atoms with Crippen molar-refractivity contribution in [1.29, 1.82) is 0 Å². The number of rotatable bonds is 6. The van der Waals surface area contributed by atoms with Crippen LogP contribution < -0.4 is 15.8 Å². The molecule has 0 bridgehead atoms. The van der Waals surface area contributed by atoms with Crippen molar-refractivity contribution >= 4 is 27.3 Å². The number of hydrogen-bond donors (Lipinski definition) is 3. The first-order valence-corrected chi connectivity index (χ1v) is 7.57. The lowest BCUT2D eigenvalue weighted by molar-refractivity contribution is -0.117. The van der Waals surface area contributed by atoms with Gasteiger partial charge in [0.2, 0.25) is 15.9 Å². The third-order valence-electron chi connectivity index (χ3n) is 2.29. The maximum atomic E-state index is 13.4. The number of halogens is 1. The molecule has 20 heavy (non-hydrogen) atoms. The van der Waals surface area contributed by atoms with Gasteiger partial charge < -0.3 is 11.1 Å². The summed E-state index contributed by atoms with van der Waals surface area (Å²) in [5.74, 6) is -1.22. The molecule has 0 aliphatic rings. The maximum absolute atomic E-state index is 13.4. The average Bonchev–Trinajstić information content (AvgIpc) is 2.32. The number of hydrogen-bond acceptors (Lipinski definition) is 4. The Morgan fingerprint density at radius 2 is 2.20 bits per heavy atom. The minimum absolute atomic E-state index is 0.238. The third-order valence-corrected chi connectivity index (χ3v) is 2.88. The molecule has 1 aromatic carbocycles. The zero-order valence-electron chi connectivity index (χ0n) is 10.9. The summed E-state index contributed by atoms with van der Waals surface area (Å²) in [5.41, 5.74) is 5.57. The summed E-state index contributed by atoms with van der Waals surface area (Å²) in [6.07, 6.45) is 2.70. The van der Waals surface area contributed by atoms with Gasteiger partial charge in [0.1, 0.15) is 5.82 Å². The highest BCUT2D eigenvalue weighted by Crippen LogP contribution is 2.20. The van der Waals surface area contributed by atoms with Gasteiger partial charge in [-0.15, -0.1) is 6.58 Å². The van der Waals surface area contributed by atoms with Crippen molar-refractivity contribution in [1.82, 2.24) is 0 Å². The van der Waals surface area contributed by atoms with Gasteiger partial charge in [-0.2, -0.15) is 0 Å². The van der Waals surface area contributed by atoms with Crippen LogP contribution in [0.4, 0.5) is 15.8 Å². The second kappa shape index (κ2) is 6.49. The number of carbonyl (C=O) groups is 1. The van der Waals surface area contributed by atoms with E-state index in [4.69, 9.17) is 5.73 Å². The maximum Gasteiger partial charge on any atom is 0.241 e. The molecule has 0 spiro atoms. The number of amides is 1. The number of carbonyl (C=O) groups excluding carboxylic acids is 1. The van der Waals surface area contributed by atoms with Crippen LogP contribution in [0.2, 0.25) is 0 Å². The van der Waals surface area contributed by atoms with Gasteiger partial charge in [-0.3, -0.25) is 9.52 Å². The van der Waals surface area contributed by atoms with Crippen LogP contribution in [-0.2, 0) is 14.8 Å². The Morgan fingerprint density at radius 1 is 1.55 bits per heavy atom. The normalized spacial score (nSPS) is 12.6. The Kier molecular flexibility index (Phi) is 5.23. The molecule has 1 unspecified atom stereocenters. The van der Waals surface area contributed by atoms with Crippen LogP contribution in [0.1, 0.15) is 6.42 Å². The van der Waals surface area contributed by atoms with Crippen LogP contribution in [0.5, 0.6) is 0 Å². The van der Waals surface area contributed by atoms with E-state index in [2.05, 4.69) is 11.9 Å². The standard InChI is InChI=1S/C12H16FN3O3S/c1-3-4-10(14)12(17)15-8-5-6-9(13)11(7-8)16-20(2,18)19/h3,5-7,10,16H,1,4,14H2,2H3,(H,15,17). The fourth-order valence-electron chi connectivity index (χ4n) is 1.40. The Hall–Kier alpha value is -1.93. The van der Waals surface area contributed by atoms with Crippen LogP contribution in [-0.4, -0.2) is 26.6 Å². The largest absolute Gasteiger partial charge is 0.325 e. The van der Waals surface area contributed by atoms with Gasteiger partial charge >= 0.3 is 0 Å².